The summed E-state index contributed by atoms with van der Waals surface area (Å²) in [5.74, 6) is 0.395. The van der Waals surface area contributed by atoms with E-state index >= 15 is 0 Å². The predicted molar refractivity (Wildman–Crippen MR) is 117 cm³/mol. The molecule has 1 heterocycles. The van der Waals surface area contributed by atoms with Crippen molar-refractivity contribution in [1.29, 1.82) is 0 Å². The molecule has 156 valence electrons. The lowest BCUT2D eigenvalue weighted by Gasteiger charge is -2.32. The Morgan fingerprint density at radius 1 is 1.17 bits per heavy atom. The number of amides is 1. The molecule has 1 fully saturated rings. The molecule has 0 bridgehead atoms. The van der Waals surface area contributed by atoms with Crippen molar-refractivity contribution in [2.24, 2.45) is 0 Å². The third kappa shape index (κ3) is 4.49. The fourth-order valence-corrected chi connectivity index (χ4v) is 4.29. The van der Waals surface area contributed by atoms with E-state index in [4.69, 9.17) is 16.0 Å². The molecule has 7 heteroatoms. The van der Waals surface area contributed by atoms with Gasteiger partial charge in [0, 0.05) is 34.9 Å². The van der Waals surface area contributed by atoms with Gasteiger partial charge in [-0.1, -0.05) is 55.1 Å². The largest absolute Gasteiger partial charge is 0.423 e. The molecule has 6 nitrogen and oxygen atoms in total. The summed E-state index contributed by atoms with van der Waals surface area (Å²) in [5, 5.41) is 11.6. The van der Waals surface area contributed by atoms with Gasteiger partial charge < -0.3 is 14.6 Å². The SMILES string of the molecule is CN(c1cccc(-c2nnco2)c1)C(C(=O)NC1CCCCC1)c1ccccc1Cl. The number of carbonyl (C=O) groups excluding carboxylic acids is 1. The summed E-state index contributed by atoms with van der Waals surface area (Å²) < 4.78 is 5.33. The molecule has 1 amide bonds. The second-order valence-electron chi connectivity index (χ2n) is 7.67. The van der Waals surface area contributed by atoms with Gasteiger partial charge in [-0.15, -0.1) is 10.2 Å². The third-order valence-electron chi connectivity index (χ3n) is 5.65. The minimum absolute atomic E-state index is 0.0410. The number of halogens is 1. The van der Waals surface area contributed by atoms with Crippen LogP contribution in [0.5, 0.6) is 0 Å². The maximum Gasteiger partial charge on any atom is 0.247 e. The summed E-state index contributed by atoms with van der Waals surface area (Å²) in [6, 6.07) is 14.9. The molecule has 0 saturated heterocycles. The van der Waals surface area contributed by atoms with Crippen LogP contribution < -0.4 is 10.2 Å². The average Bonchev–Trinajstić information content (AvgIpc) is 3.31. The monoisotopic (exact) mass is 424 g/mol. The third-order valence-corrected chi connectivity index (χ3v) is 5.99. The molecule has 3 aromatic rings. The molecule has 1 aromatic heterocycles. The van der Waals surface area contributed by atoms with Crippen LogP contribution in [0.4, 0.5) is 5.69 Å². The van der Waals surface area contributed by atoms with Gasteiger partial charge in [0.2, 0.25) is 18.2 Å². The standard InChI is InChI=1S/C23H25ClN4O2/c1-28(18-11-7-8-16(14-18)23-27-25-15-30-23)21(19-12-5-6-13-20(19)24)22(29)26-17-9-3-2-4-10-17/h5-8,11-15,17,21H,2-4,9-10H2,1H3,(H,26,29). The number of likely N-dealkylation sites (N-methyl/N-ethyl adjacent to an activating group) is 1. The molecule has 1 unspecified atom stereocenters. The normalized spacial score (nSPS) is 15.5. The number of aromatic nitrogens is 2. The maximum atomic E-state index is 13.4. The van der Waals surface area contributed by atoms with Gasteiger partial charge in [0.05, 0.1) is 0 Å². The lowest BCUT2D eigenvalue weighted by molar-refractivity contribution is -0.123. The second kappa shape index (κ2) is 9.30. The molecule has 1 aliphatic carbocycles. The van der Waals surface area contributed by atoms with Crippen molar-refractivity contribution in [3.8, 4) is 11.5 Å². The van der Waals surface area contributed by atoms with Crippen molar-refractivity contribution < 1.29 is 9.21 Å². The number of hydrogen-bond acceptors (Lipinski definition) is 5. The van der Waals surface area contributed by atoms with Crippen LogP contribution in [-0.4, -0.2) is 29.2 Å². The number of benzene rings is 2. The number of anilines is 1. The first-order valence-corrected chi connectivity index (χ1v) is 10.7. The summed E-state index contributed by atoms with van der Waals surface area (Å²) in [6.45, 7) is 0. The minimum atomic E-state index is -0.557. The highest BCUT2D eigenvalue weighted by Crippen LogP contribution is 2.33. The van der Waals surface area contributed by atoms with E-state index in [1.165, 1.54) is 12.8 Å². The summed E-state index contributed by atoms with van der Waals surface area (Å²) in [6.07, 6.45) is 6.90. The molecule has 0 radical (unpaired) electrons. The number of nitrogens with zero attached hydrogens (tertiary/aromatic N) is 3. The van der Waals surface area contributed by atoms with Gasteiger partial charge in [-0.3, -0.25) is 4.79 Å². The zero-order valence-electron chi connectivity index (χ0n) is 16.9. The topological polar surface area (TPSA) is 71.3 Å². The summed E-state index contributed by atoms with van der Waals surface area (Å²) in [5.41, 5.74) is 2.43. The van der Waals surface area contributed by atoms with Crippen molar-refractivity contribution in [3.63, 3.8) is 0 Å². The average molecular weight is 425 g/mol. The molecule has 1 saturated carbocycles. The van der Waals surface area contributed by atoms with E-state index in [9.17, 15) is 4.79 Å². The highest BCUT2D eigenvalue weighted by Gasteiger charge is 2.29. The molecule has 4 rings (SSSR count). The molecule has 0 spiro atoms. The lowest BCUT2D eigenvalue weighted by atomic mass is 9.94. The zero-order valence-corrected chi connectivity index (χ0v) is 17.7. The van der Waals surface area contributed by atoms with Crippen molar-refractivity contribution in [2.75, 3.05) is 11.9 Å². The Labute approximate surface area is 181 Å². The molecule has 1 aliphatic rings. The lowest BCUT2D eigenvalue weighted by Crippen LogP contribution is -2.44. The molecular formula is C23H25ClN4O2. The predicted octanol–water partition coefficient (Wildman–Crippen LogP) is 5.02. The fourth-order valence-electron chi connectivity index (χ4n) is 4.06. The van der Waals surface area contributed by atoms with Crippen LogP contribution >= 0.6 is 11.6 Å². The Kier molecular flexibility index (Phi) is 6.33. The van der Waals surface area contributed by atoms with Crippen molar-refractivity contribution in [2.45, 2.75) is 44.2 Å². The van der Waals surface area contributed by atoms with Crippen LogP contribution in [0.15, 0.2) is 59.3 Å². The van der Waals surface area contributed by atoms with Crippen LogP contribution in [0, 0.1) is 0 Å². The number of hydrogen-bond donors (Lipinski definition) is 1. The van der Waals surface area contributed by atoms with Crippen LogP contribution in [0.1, 0.15) is 43.7 Å². The summed E-state index contributed by atoms with van der Waals surface area (Å²) in [4.78, 5) is 15.4. The molecule has 2 aromatic carbocycles. The van der Waals surface area contributed by atoms with Crippen molar-refractivity contribution in [3.05, 3.63) is 65.5 Å². The van der Waals surface area contributed by atoms with Crippen LogP contribution in [0.3, 0.4) is 0 Å². The first kappa shape index (κ1) is 20.4. The van der Waals surface area contributed by atoms with Gasteiger partial charge in [-0.25, -0.2) is 0 Å². The molecule has 1 atom stereocenters. The van der Waals surface area contributed by atoms with Gasteiger partial charge in [0.1, 0.15) is 6.04 Å². The maximum absolute atomic E-state index is 13.4. The molecule has 1 N–H and O–H groups in total. The number of rotatable bonds is 6. The summed E-state index contributed by atoms with van der Waals surface area (Å²) >= 11 is 6.51. The van der Waals surface area contributed by atoms with E-state index in [-0.39, 0.29) is 11.9 Å². The van der Waals surface area contributed by atoms with Crippen LogP contribution in [0.2, 0.25) is 5.02 Å². The van der Waals surface area contributed by atoms with Gasteiger partial charge in [-0.05, 0) is 37.1 Å². The van der Waals surface area contributed by atoms with E-state index in [0.29, 0.717) is 10.9 Å². The van der Waals surface area contributed by atoms with E-state index in [1.54, 1.807) is 0 Å². The van der Waals surface area contributed by atoms with Crippen molar-refractivity contribution in [1.82, 2.24) is 15.5 Å². The smallest absolute Gasteiger partial charge is 0.247 e. The number of nitrogens with one attached hydrogen (secondary N) is 1. The van der Waals surface area contributed by atoms with Crippen LogP contribution in [-0.2, 0) is 4.79 Å². The van der Waals surface area contributed by atoms with E-state index in [2.05, 4.69) is 15.5 Å². The second-order valence-corrected chi connectivity index (χ2v) is 8.08. The first-order valence-electron chi connectivity index (χ1n) is 10.3. The van der Waals surface area contributed by atoms with Gasteiger partial charge >= 0.3 is 0 Å². The molecule has 0 aliphatic heterocycles. The van der Waals surface area contributed by atoms with E-state index < -0.39 is 6.04 Å². The van der Waals surface area contributed by atoms with Crippen molar-refractivity contribution >= 4 is 23.2 Å². The van der Waals surface area contributed by atoms with Gasteiger partial charge in [0.25, 0.3) is 0 Å². The van der Waals surface area contributed by atoms with E-state index in [1.807, 2.05) is 60.5 Å². The quantitative estimate of drug-likeness (QED) is 0.601. The van der Waals surface area contributed by atoms with Gasteiger partial charge in [-0.2, -0.15) is 0 Å². The zero-order chi connectivity index (χ0) is 20.9. The first-order chi connectivity index (χ1) is 14.6. The molecule has 30 heavy (non-hydrogen) atoms. The Hall–Kier alpha value is -2.86. The Bertz CT molecular complexity index is 986. The minimum Gasteiger partial charge on any atom is -0.423 e. The Morgan fingerprint density at radius 2 is 1.97 bits per heavy atom. The Balaban J connectivity index is 1.66. The highest BCUT2D eigenvalue weighted by atomic mass is 35.5. The number of carbonyl (C=O) groups is 1. The van der Waals surface area contributed by atoms with E-state index in [0.717, 1.165) is 42.5 Å². The Morgan fingerprint density at radius 3 is 2.70 bits per heavy atom. The fraction of sp³-hybridized carbons (Fsp3) is 0.348. The highest BCUT2D eigenvalue weighted by molar-refractivity contribution is 6.31. The molecular weight excluding hydrogens is 400 g/mol. The summed E-state index contributed by atoms with van der Waals surface area (Å²) in [7, 11) is 1.90. The van der Waals surface area contributed by atoms with Crippen LogP contribution in [0.25, 0.3) is 11.5 Å². The van der Waals surface area contributed by atoms with Gasteiger partial charge in [0.15, 0.2) is 0 Å².